The third-order valence-corrected chi connectivity index (χ3v) is 4.85. The lowest BCUT2D eigenvalue weighted by molar-refractivity contribution is -0.137. The van der Waals surface area contributed by atoms with E-state index in [0.29, 0.717) is 12.0 Å². The Morgan fingerprint density at radius 1 is 1.48 bits per heavy atom. The molecular formula is C16H27N3O2. The van der Waals surface area contributed by atoms with Gasteiger partial charge in [-0.15, -0.1) is 0 Å². The second kappa shape index (κ2) is 6.60. The summed E-state index contributed by atoms with van der Waals surface area (Å²) in [6, 6.07) is 0.353. The molecule has 2 rings (SSSR count). The molecular weight excluding hydrogens is 266 g/mol. The minimum absolute atomic E-state index is 0.290. The van der Waals surface area contributed by atoms with Gasteiger partial charge < -0.3 is 5.11 Å². The predicted molar refractivity (Wildman–Crippen MR) is 82.3 cm³/mol. The van der Waals surface area contributed by atoms with E-state index in [1.54, 1.807) is 0 Å². The van der Waals surface area contributed by atoms with Crippen LogP contribution < -0.4 is 0 Å². The second-order valence-corrected chi connectivity index (χ2v) is 6.32. The summed E-state index contributed by atoms with van der Waals surface area (Å²) in [6.07, 6.45) is 3.40. The van der Waals surface area contributed by atoms with Gasteiger partial charge in [-0.25, -0.2) is 0 Å². The van der Waals surface area contributed by atoms with Crippen LogP contribution in [0.15, 0.2) is 0 Å². The number of aromatic nitrogens is 2. The van der Waals surface area contributed by atoms with E-state index in [4.69, 9.17) is 5.11 Å². The molecule has 2 heterocycles. The van der Waals surface area contributed by atoms with E-state index in [1.807, 2.05) is 11.7 Å². The topological polar surface area (TPSA) is 58.4 Å². The van der Waals surface area contributed by atoms with E-state index in [9.17, 15) is 4.79 Å². The van der Waals surface area contributed by atoms with Crippen LogP contribution in [0, 0.1) is 19.8 Å². The smallest absolute Gasteiger partial charge is 0.303 e. The lowest BCUT2D eigenvalue weighted by Gasteiger charge is -2.37. The predicted octanol–water partition coefficient (Wildman–Crippen LogP) is 2.67. The quantitative estimate of drug-likeness (QED) is 0.907. The second-order valence-electron chi connectivity index (χ2n) is 6.32. The number of rotatable bonds is 5. The molecule has 0 bridgehead atoms. The Labute approximate surface area is 126 Å². The van der Waals surface area contributed by atoms with Crippen LogP contribution in [-0.4, -0.2) is 38.8 Å². The number of carboxylic acid groups (broad SMARTS) is 1. The number of carboxylic acids is 1. The minimum Gasteiger partial charge on any atom is -0.481 e. The van der Waals surface area contributed by atoms with Crippen molar-refractivity contribution in [3.8, 4) is 0 Å². The first-order valence-electron chi connectivity index (χ1n) is 7.86. The fourth-order valence-electron chi connectivity index (χ4n) is 3.59. The molecule has 0 radical (unpaired) electrons. The highest BCUT2D eigenvalue weighted by Gasteiger charge is 2.27. The van der Waals surface area contributed by atoms with Crippen molar-refractivity contribution in [2.75, 3.05) is 13.1 Å². The van der Waals surface area contributed by atoms with E-state index < -0.39 is 5.97 Å². The molecule has 1 fully saturated rings. The van der Waals surface area contributed by atoms with Gasteiger partial charge in [0, 0.05) is 37.3 Å². The van der Waals surface area contributed by atoms with Crippen LogP contribution in [0.3, 0.4) is 0 Å². The van der Waals surface area contributed by atoms with Gasteiger partial charge in [-0.2, -0.15) is 5.10 Å². The number of carbonyl (C=O) groups is 1. The van der Waals surface area contributed by atoms with Crippen LogP contribution in [0.5, 0.6) is 0 Å². The highest BCUT2D eigenvalue weighted by atomic mass is 16.4. The molecule has 1 N–H and O–H groups in total. The van der Waals surface area contributed by atoms with Crippen LogP contribution in [0.25, 0.3) is 0 Å². The molecule has 1 aromatic heterocycles. The van der Waals surface area contributed by atoms with E-state index in [0.717, 1.165) is 38.0 Å². The molecule has 21 heavy (non-hydrogen) atoms. The summed E-state index contributed by atoms with van der Waals surface area (Å²) in [4.78, 5) is 13.2. The van der Waals surface area contributed by atoms with Crippen molar-refractivity contribution in [1.82, 2.24) is 14.7 Å². The van der Waals surface area contributed by atoms with Crippen molar-refractivity contribution in [2.24, 2.45) is 13.0 Å². The zero-order chi connectivity index (χ0) is 15.6. The maximum Gasteiger partial charge on any atom is 0.303 e. The first-order chi connectivity index (χ1) is 9.90. The summed E-state index contributed by atoms with van der Waals surface area (Å²) in [7, 11) is 1.99. The molecule has 0 aliphatic carbocycles. The zero-order valence-corrected chi connectivity index (χ0v) is 13.6. The average Bonchev–Trinajstić information content (AvgIpc) is 2.69. The van der Waals surface area contributed by atoms with Crippen LogP contribution >= 0.6 is 0 Å². The number of nitrogens with zero attached hydrogens (tertiary/aromatic N) is 3. The maximum absolute atomic E-state index is 10.7. The Kier molecular flexibility index (Phi) is 5.04. The molecule has 0 amide bonds. The van der Waals surface area contributed by atoms with Crippen molar-refractivity contribution in [2.45, 2.75) is 52.5 Å². The van der Waals surface area contributed by atoms with Gasteiger partial charge in [0.15, 0.2) is 0 Å². The molecule has 2 unspecified atom stereocenters. The normalized spacial score (nSPS) is 21.4. The van der Waals surface area contributed by atoms with E-state index in [1.165, 1.54) is 11.3 Å². The Bertz CT molecular complexity index is 510. The molecule has 2 atom stereocenters. The molecule has 0 aromatic carbocycles. The standard InChI is InChI=1S/C16H27N3O2/c1-11-16(12(2)18(4)17-11)13(3)19-9-5-6-14(10-19)7-8-15(20)21/h13-14H,5-10H2,1-4H3,(H,20,21). The first kappa shape index (κ1) is 16.0. The van der Waals surface area contributed by atoms with Crippen molar-refractivity contribution < 1.29 is 9.90 Å². The van der Waals surface area contributed by atoms with Gasteiger partial charge >= 0.3 is 5.97 Å². The Hall–Kier alpha value is -1.36. The molecule has 0 saturated carbocycles. The molecule has 5 nitrogen and oxygen atoms in total. The van der Waals surface area contributed by atoms with Gasteiger partial charge in [-0.05, 0) is 52.5 Å². The van der Waals surface area contributed by atoms with Gasteiger partial charge in [0.2, 0.25) is 0 Å². The van der Waals surface area contributed by atoms with Gasteiger partial charge in [-0.1, -0.05) is 0 Å². The molecule has 5 heteroatoms. The number of hydrogen-bond acceptors (Lipinski definition) is 3. The third-order valence-electron chi connectivity index (χ3n) is 4.85. The third kappa shape index (κ3) is 3.64. The molecule has 1 aromatic rings. The molecule has 1 aliphatic rings. The van der Waals surface area contributed by atoms with Crippen molar-refractivity contribution >= 4 is 5.97 Å². The van der Waals surface area contributed by atoms with Crippen LogP contribution in [-0.2, 0) is 11.8 Å². The average molecular weight is 293 g/mol. The van der Waals surface area contributed by atoms with Crippen molar-refractivity contribution in [3.63, 3.8) is 0 Å². The highest BCUT2D eigenvalue weighted by molar-refractivity contribution is 5.66. The van der Waals surface area contributed by atoms with E-state index >= 15 is 0 Å². The monoisotopic (exact) mass is 293 g/mol. The summed E-state index contributed by atoms with van der Waals surface area (Å²) >= 11 is 0. The SMILES string of the molecule is Cc1nn(C)c(C)c1C(C)N1CCCC(CCC(=O)O)C1. The number of hydrogen-bond donors (Lipinski definition) is 1. The Morgan fingerprint density at radius 3 is 2.76 bits per heavy atom. The maximum atomic E-state index is 10.7. The fraction of sp³-hybridized carbons (Fsp3) is 0.750. The van der Waals surface area contributed by atoms with Crippen molar-refractivity contribution in [1.29, 1.82) is 0 Å². The van der Waals surface area contributed by atoms with E-state index in [2.05, 4.69) is 30.8 Å². The van der Waals surface area contributed by atoms with Gasteiger partial charge in [0.25, 0.3) is 0 Å². The number of likely N-dealkylation sites (tertiary alicyclic amines) is 1. The van der Waals surface area contributed by atoms with Gasteiger partial charge in [0.1, 0.15) is 0 Å². The first-order valence-corrected chi connectivity index (χ1v) is 7.86. The summed E-state index contributed by atoms with van der Waals surface area (Å²) in [5.74, 6) is -0.172. The molecule has 118 valence electrons. The van der Waals surface area contributed by atoms with Gasteiger partial charge in [0.05, 0.1) is 5.69 Å². The minimum atomic E-state index is -0.681. The van der Waals surface area contributed by atoms with Crippen LogP contribution in [0.2, 0.25) is 0 Å². The summed E-state index contributed by atoms with van der Waals surface area (Å²) in [6.45, 7) is 8.54. The van der Waals surface area contributed by atoms with Crippen LogP contribution in [0.1, 0.15) is 55.6 Å². The molecule has 1 saturated heterocycles. The zero-order valence-electron chi connectivity index (χ0n) is 13.6. The number of piperidine rings is 1. The van der Waals surface area contributed by atoms with Crippen molar-refractivity contribution in [3.05, 3.63) is 17.0 Å². The Morgan fingerprint density at radius 2 is 2.19 bits per heavy atom. The molecule has 0 spiro atoms. The summed E-state index contributed by atoms with van der Waals surface area (Å²) in [5.41, 5.74) is 3.67. The fourth-order valence-corrected chi connectivity index (χ4v) is 3.59. The van der Waals surface area contributed by atoms with E-state index in [-0.39, 0.29) is 6.42 Å². The van der Waals surface area contributed by atoms with Crippen LogP contribution in [0.4, 0.5) is 0 Å². The lowest BCUT2D eigenvalue weighted by Crippen LogP contribution is -2.37. The van der Waals surface area contributed by atoms with Gasteiger partial charge in [-0.3, -0.25) is 14.4 Å². The highest BCUT2D eigenvalue weighted by Crippen LogP contribution is 2.31. The lowest BCUT2D eigenvalue weighted by atomic mass is 9.91. The summed E-state index contributed by atoms with van der Waals surface area (Å²) in [5, 5.41) is 13.4. The molecule has 1 aliphatic heterocycles. The number of aryl methyl sites for hydroxylation is 2. The largest absolute Gasteiger partial charge is 0.481 e. The number of aliphatic carboxylic acids is 1. The Balaban J connectivity index is 2.05. The summed E-state index contributed by atoms with van der Waals surface area (Å²) < 4.78 is 1.95.